The van der Waals surface area contributed by atoms with E-state index in [1.807, 2.05) is 0 Å². The minimum Gasteiger partial charge on any atom is -0.453 e. The highest BCUT2D eigenvalue weighted by molar-refractivity contribution is 5.90. The minimum atomic E-state index is -4.58. The first-order valence-corrected chi connectivity index (χ1v) is 4.08. The van der Waals surface area contributed by atoms with Gasteiger partial charge in [-0.25, -0.2) is 0 Å². The molecule has 0 aliphatic rings. The average molecular weight is 214 g/mol. The van der Waals surface area contributed by atoms with Crippen molar-refractivity contribution in [3.8, 4) is 0 Å². The van der Waals surface area contributed by atoms with E-state index in [0.29, 0.717) is 0 Å². The van der Waals surface area contributed by atoms with Gasteiger partial charge in [0.15, 0.2) is 12.0 Å². The van der Waals surface area contributed by atoms with Crippen LogP contribution in [0.5, 0.6) is 0 Å². The highest BCUT2D eigenvalue weighted by atomic mass is 19.4. The first kappa shape index (κ1) is 9.76. The van der Waals surface area contributed by atoms with Crippen LogP contribution in [0.15, 0.2) is 28.7 Å². The van der Waals surface area contributed by atoms with Crippen LogP contribution in [-0.4, -0.2) is 6.29 Å². The SMILES string of the molecule is O=Cc1oc2ccccc2c1C(F)(F)F. The second-order valence-electron chi connectivity index (χ2n) is 2.95. The smallest absolute Gasteiger partial charge is 0.420 e. The number of hydrogen-bond donors (Lipinski definition) is 0. The Morgan fingerprint density at radius 1 is 1.20 bits per heavy atom. The van der Waals surface area contributed by atoms with Crippen molar-refractivity contribution in [3.05, 3.63) is 35.6 Å². The second-order valence-corrected chi connectivity index (χ2v) is 2.95. The highest BCUT2D eigenvalue weighted by Gasteiger charge is 2.38. The van der Waals surface area contributed by atoms with Gasteiger partial charge in [0.05, 0.1) is 0 Å². The third-order valence-electron chi connectivity index (χ3n) is 2.01. The van der Waals surface area contributed by atoms with Gasteiger partial charge >= 0.3 is 6.18 Å². The number of fused-ring (bicyclic) bond motifs is 1. The lowest BCUT2D eigenvalue weighted by Crippen LogP contribution is -2.06. The third-order valence-corrected chi connectivity index (χ3v) is 2.01. The van der Waals surface area contributed by atoms with E-state index in [-0.39, 0.29) is 17.3 Å². The Balaban J connectivity index is 2.84. The molecule has 0 aliphatic heterocycles. The van der Waals surface area contributed by atoms with E-state index in [0.717, 1.165) is 0 Å². The molecular formula is C10H5F3O2. The van der Waals surface area contributed by atoms with E-state index < -0.39 is 17.5 Å². The molecule has 0 saturated heterocycles. The van der Waals surface area contributed by atoms with E-state index in [1.54, 1.807) is 6.07 Å². The lowest BCUT2D eigenvalue weighted by molar-refractivity contribution is -0.137. The zero-order chi connectivity index (χ0) is 11.1. The summed E-state index contributed by atoms with van der Waals surface area (Å²) in [5.41, 5.74) is -0.944. The van der Waals surface area contributed by atoms with E-state index in [1.165, 1.54) is 18.2 Å². The molecule has 1 heterocycles. The Morgan fingerprint density at radius 3 is 2.47 bits per heavy atom. The van der Waals surface area contributed by atoms with Crippen molar-refractivity contribution in [1.29, 1.82) is 0 Å². The molecule has 2 rings (SSSR count). The van der Waals surface area contributed by atoms with Crippen molar-refractivity contribution in [1.82, 2.24) is 0 Å². The molecule has 0 radical (unpaired) electrons. The molecule has 5 heteroatoms. The molecule has 1 aromatic carbocycles. The fourth-order valence-electron chi connectivity index (χ4n) is 1.44. The number of halogens is 3. The molecular weight excluding hydrogens is 209 g/mol. The van der Waals surface area contributed by atoms with Crippen molar-refractivity contribution in [3.63, 3.8) is 0 Å². The number of para-hydroxylation sites is 1. The highest BCUT2D eigenvalue weighted by Crippen LogP contribution is 2.38. The molecule has 78 valence electrons. The number of aldehydes is 1. The van der Waals surface area contributed by atoms with Crippen LogP contribution in [0.2, 0.25) is 0 Å². The Bertz CT molecular complexity index is 511. The molecule has 0 spiro atoms. The van der Waals surface area contributed by atoms with Gasteiger partial charge < -0.3 is 4.42 Å². The van der Waals surface area contributed by atoms with Gasteiger partial charge in [0.2, 0.25) is 0 Å². The predicted molar refractivity (Wildman–Crippen MR) is 46.6 cm³/mol. The van der Waals surface area contributed by atoms with E-state index >= 15 is 0 Å². The molecule has 0 aliphatic carbocycles. The molecule has 0 fully saturated rings. The standard InChI is InChI=1S/C10H5F3O2/c11-10(12,13)9-6-3-1-2-4-7(6)15-8(9)5-14/h1-5H. The van der Waals surface area contributed by atoms with Crippen LogP contribution in [0.4, 0.5) is 13.2 Å². The summed E-state index contributed by atoms with van der Waals surface area (Å²) in [5, 5.41) is -0.0906. The number of rotatable bonds is 1. The molecule has 0 N–H and O–H groups in total. The first-order chi connectivity index (χ1) is 7.04. The monoisotopic (exact) mass is 214 g/mol. The topological polar surface area (TPSA) is 30.2 Å². The van der Waals surface area contributed by atoms with Crippen molar-refractivity contribution < 1.29 is 22.4 Å². The van der Waals surface area contributed by atoms with Gasteiger partial charge in [-0.1, -0.05) is 18.2 Å². The predicted octanol–water partition coefficient (Wildman–Crippen LogP) is 3.26. The maximum Gasteiger partial charge on any atom is 0.420 e. The number of hydrogen-bond acceptors (Lipinski definition) is 2. The average Bonchev–Trinajstić information content (AvgIpc) is 2.54. The quantitative estimate of drug-likeness (QED) is 0.682. The van der Waals surface area contributed by atoms with Crippen molar-refractivity contribution in [2.75, 3.05) is 0 Å². The fraction of sp³-hybridized carbons (Fsp3) is 0.100. The van der Waals surface area contributed by atoms with Gasteiger partial charge in [0.1, 0.15) is 11.1 Å². The van der Waals surface area contributed by atoms with Crippen LogP contribution in [0, 0.1) is 0 Å². The summed E-state index contributed by atoms with van der Waals surface area (Å²) in [6.07, 6.45) is -4.51. The molecule has 0 bridgehead atoms. The Hall–Kier alpha value is -1.78. The number of carbonyl (C=O) groups excluding carboxylic acids is 1. The summed E-state index contributed by atoms with van der Waals surface area (Å²) >= 11 is 0. The summed E-state index contributed by atoms with van der Waals surface area (Å²) in [6, 6.07) is 5.66. The zero-order valence-corrected chi connectivity index (χ0v) is 7.34. The van der Waals surface area contributed by atoms with Gasteiger partial charge in [0.25, 0.3) is 0 Å². The van der Waals surface area contributed by atoms with Gasteiger partial charge in [0, 0.05) is 5.39 Å². The maximum atomic E-state index is 12.6. The van der Waals surface area contributed by atoms with Gasteiger partial charge in [-0.3, -0.25) is 4.79 Å². The number of carbonyl (C=O) groups is 1. The second kappa shape index (κ2) is 3.12. The van der Waals surface area contributed by atoms with Gasteiger partial charge in [-0.15, -0.1) is 0 Å². The summed E-state index contributed by atoms with van der Waals surface area (Å²) in [7, 11) is 0. The van der Waals surface area contributed by atoms with Crippen molar-refractivity contribution >= 4 is 17.3 Å². The normalized spacial score (nSPS) is 11.9. The third kappa shape index (κ3) is 1.49. The Labute approximate surface area is 82.3 Å². The fourth-order valence-corrected chi connectivity index (χ4v) is 1.44. The molecule has 0 amide bonds. The van der Waals surface area contributed by atoms with Crippen molar-refractivity contribution in [2.24, 2.45) is 0 Å². The number of alkyl halides is 3. The Kier molecular flexibility index (Phi) is 2.03. The van der Waals surface area contributed by atoms with Crippen LogP contribution >= 0.6 is 0 Å². The molecule has 2 aromatic rings. The maximum absolute atomic E-state index is 12.6. The van der Waals surface area contributed by atoms with E-state index in [2.05, 4.69) is 0 Å². The zero-order valence-electron chi connectivity index (χ0n) is 7.34. The van der Waals surface area contributed by atoms with Gasteiger partial charge in [-0.2, -0.15) is 13.2 Å². The van der Waals surface area contributed by atoms with Crippen LogP contribution < -0.4 is 0 Å². The molecule has 0 atom stereocenters. The minimum absolute atomic E-state index is 0.0620. The van der Waals surface area contributed by atoms with Crippen LogP contribution in [-0.2, 0) is 6.18 Å². The molecule has 0 unspecified atom stereocenters. The number of benzene rings is 1. The van der Waals surface area contributed by atoms with E-state index in [4.69, 9.17) is 4.42 Å². The van der Waals surface area contributed by atoms with E-state index in [9.17, 15) is 18.0 Å². The molecule has 1 aromatic heterocycles. The molecule has 15 heavy (non-hydrogen) atoms. The Morgan fingerprint density at radius 2 is 1.87 bits per heavy atom. The lowest BCUT2D eigenvalue weighted by atomic mass is 10.1. The largest absolute Gasteiger partial charge is 0.453 e. The first-order valence-electron chi connectivity index (χ1n) is 4.08. The van der Waals surface area contributed by atoms with Gasteiger partial charge in [-0.05, 0) is 6.07 Å². The van der Waals surface area contributed by atoms with Crippen LogP contribution in [0.3, 0.4) is 0 Å². The van der Waals surface area contributed by atoms with Crippen LogP contribution in [0.25, 0.3) is 11.0 Å². The summed E-state index contributed by atoms with van der Waals surface area (Å²) < 4.78 is 42.5. The molecule has 2 nitrogen and oxygen atoms in total. The lowest BCUT2D eigenvalue weighted by Gasteiger charge is -2.03. The van der Waals surface area contributed by atoms with Crippen molar-refractivity contribution in [2.45, 2.75) is 6.18 Å². The summed E-state index contributed by atoms with van der Waals surface area (Å²) in [6.45, 7) is 0. The number of furan rings is 1. The summed E-state index contributed by atoms with van der Waals surface area (Å²) in [5.74, 6) is -0.677. The van der Waals surface area contributed by atoms with Crippen LogP contribution in [0.1, 0.15) is 16.1 Å². The summed E-state index contributed by atoms with van der Waals surface area (Å²) in [4.78, 5) is 10.4. The molecule has 0 saturated carbocycles.